The van der Waals surface area contributed by atoms with E-state index in [0.717, 1.165) is 27.8 Å². The van der Waals surface area contributed by atoms with Crippen LogP contribution in [0.3, 0.4) is 0 Å². The van der Waals surface area contributed by atoms with Crippen LogP contribution in [-0.4, -0.2) is 15.9 Å². The van der Waals surface area contributed by atoms with Crippen LogP contribution in [0.4, 0.5) is 5.69 Å². The second-order valence-electron chi connectivity index (χ2n) is 5.42. The van der Waals surface area contributed by atoms with E-state index >= 15 is 0 Å². The molecule has 2 heterocycles. The molecule has 1 amide bonds. The molecule has 0 saturated heterocycles. The third-order valence-electron chi connectivity index (χ3n) is 3.73. The molecule has 1 atom stereocenters. The van der Waals surface area contributed by atoms with Crippen LogP contribution in [0.1, 0.15) is 34.5 Å². The Morgan fingerprint density at radius 3 is 2.86 bits per heavy atom. The smallest absolute Gasteiger partial charge is 0.255 e. The van der Waals surface area contributed by atoms with Crippen molar-refractivity contribution < 1.29 is 4.79 Å². The van der Waals surface area contributed by atoms with Crippen LogP contribution < -0.4 is 11.1 Å². The molecular weight excluding hydrogens is 276 g/mol. The Morgan fingerprint density at radius 1 is 1.32 bits per heavy atom. The number of carbonyl (C=O) groups is 1. The molecular formula is C17H18N4O. The summed E-state index contributed by atoms with van der Waals surface area (Å²) in [6, 6.07) is 9.31. The molecule has 1 aromatic carbocycles. The summed E-state index contributed by atoms with van der Waals surface area (Å²) in [6.45, 7) is 3.84. The van der Waals surface area contributed by atoms with Crippen LogP contribution in [0.5, 0.6) is 0 Å². The Kier molecular flexibility index (Phi) is 3.65. The first kappa shape index (κ1) is 14.3. The third-order valence-corrected chi connectivity index (χ3v) is 3.73. The minimum Gasteiger partial charge on any atom is -0.346 e. The van der Waals surface area contributed by atoms with E-state index in [9.17, 15) is 4.79 Å². The molecule has 112 valence electrons. The summed E-state index contributed by atoms with van der Waals surface area (Å²) in [7, 11) is 0. The number of nitrogens with zero attached hydrogens (tertiary/aromatic N) is 1. The molecule has 4 N–H and O–H groups in total. The van der Waals surface area contributed by atoms with E-state index < -0.39 is 0 Å². The first-order chi connectivity index (χ1) is 10.6. The lowest BCUT2D eigenvalue weighted by Gasteiger charge is -2.11. The number of anilines is 1. The average molecular weight is 294 g/mol. The van der Waals surface area contributed by atoms with Crippen molar-refractivity contribution in [2.24, 2.45) is 5.73 Å². The molecule has 0 bridgehead atoms. The summed E-state index contributed by atoms with van der Waals surface area (Å²) in [5, 5.41) is 3.84. The van der Waals surface area contributed by atoms with Crippen LogP contribution in [-0.2, 0) is 0 Å². The van der Waals surface area contributed by atoms with E-state index in [0.29, 0.717) is 5.56 Å². The van der Waals surface area contributed by atoms with E-state index in [4.69, 9.17) is 5.73 Å². The monoisotopic (exact) mass is 294 g/mol. The molecule has 0 spiro atoms. The zero-order valence-corrected chi connectivity index (χ0v) is 12.6. The third kappa shape index (κ3) is 2.58. The number of hydrogen-bond acceptors (Lipinski definition) is 3. The van der Waals surface area contributed by atoms with E-state index in [2.05, 4.69) is 15.3 Å². The maximum atomic E-state index is 12.5. The first-order valence-electron chi connectivity index (χ1n) is 7.16. The van der Waals surface area contributed by atoms with Gasteiger partial charge in [-0.1, -0.05) is 12.1 Å². The number of aryl methyl sites for hydroxylation is 1. The van der Waals surface area contributed by atoms with Gasteiger partial charge >= 0.3 is 0 Å². The molecule has 3 aromatic rings. The second-order valence-corrected chi connectivity index (χ2v) is 5.42. The number of nitrogens with one attached hydrogen (secondary N) is 2. The second kappa shape index (κ2) is 5.61. The predicted molar refractivity (Wildman–Crippen MR) is 87.8 cm³/mol. The van der Waals surface area contributed by atoms with Gasteiger partial charge in [-0.25, -0.2) is 4.98 Å². The highest BCUT2D eigenvalue weighted by atomic mass is 16.1. The zero-order valence-electron chi connectivity index (χ0n) is 12.6. The molecule has 0 saturated carbocycles. The average Bonchev–Trinajstić information content (AvgIpc) is 2.96. The number of rotatable bonds is 3. The number of H-pyrrole nitrogens is 1. The molecule has 1 unspecified atom stereocenters. The number of aromatic nitrogens is 2. The van der Waals surface area contributed by atoms with Gasteiger partial charge in [-0.3, -0.25) is 4.79 Å². The predicted octanol–water partition coefficient (Wildman–Crippen LogP) is 3.14. The quantitative estimate of drug-likeness (QED) is 0.694. The maximum absolute atomic E-state index is 12.5. The van der Waals surface area contributed by atoms with Crippen LogP contribution in [0.25, 0.3) is 11.0 Å². The largest absolute Gasteiger partial charge is 0.346 e. The number of nitrogens with two attached hydrogens (primary N) is 1. The van der Waals surface area contributed by atoms with Crippen molar-refractivity contribution in [2.45, 2.75) is 19.9 Å². The van der Waals surface area contributed by atoms with Gasteiger partial charge in [-0.2, -0.15) is 0 Å². The highest BCUT2D eigenvalue weighted by Crippen LogP contribution is 2.22. The maximum Gasteiger partial charge on any atom is 0.255 e. The molecule has 5 heteroatoms. The van der Waals surface area contributed by atoms with Crippen molar-refractivity contribution >= 4 is 22.6 Å². The zero-order chi connectivity index (χ0) is 15.7. The fourth-order valence-electron chi connectivity index (χ4n) is 2.48. The van der Waals surface area contributed by atoms with E-state index in [1.54, 1.807) is 18.5 Å². The van der Waals surface area contributed by atoms with Crippen molar-refractivity contribution in [3.8, 4) is 0 Å². The summed E-state index contributed by atoms with van der Waals surface area (Å²) in [5.74, 6) is -0.137. The Hall–Kier alpha value is -2.66. The number of aromatic amines is 1. The summed E-state index contributed by atoms with van der Waals surface area (Å²) < 4.78 is 0. The van der Waals surface area contributed by atoms with Gasteiger partial charge in [0.25, 0.3) is 5.91 Å². The number of hydrogen-bond donors (Lipinski definition) is 3. The molecule has 0 aliphatic heterocycles. The van der Waals surface area contributed by atoms with Crippen LogP contribution in [0.2, 0.25) is 0 Å². The lowest BCUT2D eigenvalue weighted by Crippen LogP contribution is -2.14. The molecule has 2 aromatic heterocycles. The van der Waals surface area contributed by atoms with E-state index in [-0.39, 0.29) is 11.9 Å². The van der Waals surface area contributed by atoms with Crippen LogP contribution >= 0.6 is 0 Å². The lowest BCUT2D eigenvalue weighted by atomic mass is 10.0. The van der Waals surface area contributed by atoms with Crippen LogP contribution in [0.15, 0.2) is 42.7 Å². The number of amides is 1. The molecule has 0 radical (unpaired) electrons. The topological polar surface area (TPSA) is 83.8 Å². The molecule has 5 nitrogen and oxygen atoms in total. The van der Waals surface area contributed by atoms with Gasteiger partial charge in [0.15, 0.2) is 0 Å². The van der Waals surface area contributed by atoms with Gasteiger partial charge in [-0.15, -0.1) is 0 Å². The van der Waals surface area contributed by atoms with E-state index in [1.807, 2.05) is 38.1 Å². The number of pyridine rings is 1. The van der Waals surface area contributed by atoms with Crippen molar-refractivity contribution in [1.29, 1.82) is 0 Å². The molecule has 3 rings (SSSR count). The highest BCUT2D eigenvalue weighted by Gasteiger charge is 2.12. The summed E-state index contributed by atoms with van der Waals surface area (Å²) >= 11 is 0. The van der Waals surface area contributed by atoms with Gasteiger partial charge in [0, 0.05) is 29.4 Å². The SMILES string of the molecule is Cc1cc(C(C)N)ccc1C(=O)Nc1ccnc2[nH]ccc12. The van der Waals surface area contributed by atoms with Crippen LogP contribution in [0, 0.1) is 6.92 Å². The fraction of sp³-hybridized carbons (Fsp3) is 0.176. The van der Waals surface area contributed by atoms with Crippen molar-refractivity contribution in [1.82, 2.24) is 9.97 Å². The number of carbonyl (C=O) groups excluding carboxylic acids is 1. The highest BCUT2D eigenvalue weighted by molar-refractivity contribution is 6.09. The van der Waals surface area contributed by atoms with Gasteiger partial charge < -0.3 is 16.0 Å². The van der Waals surface area contributed by atoms with Gasteiger partial charge in [-0.05, 0) is 43.2 Å². The first-order valence-corrected chi connectivity index (χ1v) is 7.16. The minimum absolute atomic E-state index is 0.0458. The normalized spacial score (nSPS) is 12.3. The van der Waals surface area contributed by atoms with Crippen molar-refractivity contribution in [3.05, 3.63) is 59.4 Å². The number of benzene rings is 1. The van der Waals surface area contributed by atoms with Gasteiger partial charge in [0.2, 0.25) is 0 Å². The summed E-state index contributed by atoms with van der Waals surface area (Å²) in [6.07, 6.45) is 3.47. The molecule has 0 aliphatic carbocycles. The van der Waals surface area contributed by atoms with Crippen molar-refractivity contribution in [3.63, 3.8) is 0 Å². The Labute approximate surface area is 128 Å². The van der Waals surface area contributed by atoms with Gasteiger partial charge in [0.05, 0.1) is 5.69 Å². The van der Waals surface area contributed by atoms with Crippen molar-refractivity contribution in [2.75, 3.05) is 5.32 Å². The Balaban J connectivity index is 1.90. The minimum atomic E-state index is -0.137. The van der Waals surface area contributed by atoms with Gasteiger partial charge in [0.1, 0.15) is 5.65 Å². The standard InChI is InChI=1S/C17H18N4O/c1-10-9-12(11(2)18)3-4-13(10)17(22)21-15-6-8-20-16-14(15)5-7-19-16/h3-9,11H,18H2,1-2H3,(H2,19,20,21,22). The Morgan fingerprint density at radius 2 is 2.14 bits per heavy atom. The Bertz CT molecular complexity index is 836. The summed E-state index contributed by atoms with van der Waals surface area (Å²) in [5.41, 5.74) is 9.94. The van der Waals surface area contributed by atoms with E-state index in [1.165, 1.54) is 0 Å². The lowest BCUT2D eigenvalue weighted by molar-refractivity contribution is 0.102. The number of fused-ring (bicyclic) bond motifs is 1. The molecule has 0 fully saturated rings. The molecule has 0 aliphatic rings. The summed E-state index contributed by atoms with van der Waals surface area (Å²) in [4.78, 5) is 19.7. The molecule has 22 heavy (non-hydrogen) atoms. The fourth-order valence-corrected chi connectivity index (χ4v) is 2.48.